The fourth-order valence-corrected chi connectivity index (χ4v) is 3.52. The molecule has 0 spiro atoms. The molecule has 0 heterocycles. The van der Waals surface area contributed by atoms with Crippen molar-refractivity contribution in [2.45, 2.75) is 31.6 Å². The largest absolute Gasteiger partial charge is 0.294 e. The maximum absolute atomic E-state index is 12.3. The number of ketones is 1. The van der Waals surface area contributed by atoms with Gasteiger partial charge in [0, 0.05) is 0 Å². The lowest BCUT2D eigenvalue weighted by atomic mass is 9.74. The Bertz CT molecular complexity index is 486. The Balaban J connectivity index is 2.17. The van der Waals surface area contributed by atoms with Crippen molar-refractivity contribution in [3.05, 3.63) is 47.5 Å². The summed E-state index contributed by atoms with van der Waals surface area (Å²) in [5, 5.41) is 0. The van der Waals surface area contributed by atoms with Gasteiger partial charge >= 0.3 is 0 Å². The van der Waals surface area contributed by atoms with Gasteiger partial charge in [-0.2, -0.15) is 0 Å². The van der Waals surface area contributed by atoms with Crippen LogP contribution in [0.3, 0.4) is 0 Å². The van der Waals surface area contributed by atoms with E-state index in [0.29, 0.717) is 11.7 Å². The Kier molecular flexibility index (Phi) is 1.88. The molecule has 1 heteroatoms. The standard InChI is InChI=1S/C15H16O/c1-10-5-3-4-6-13(10)15-8-7-12(9-15)11(2)14(15)16/h3-6,12H,2,7-9H2,1H3. The van der Waals surface area contributed by atoms with E-state index in [0.717, 1.165) is 24.8 Å². The van der Waals surface area contributed by atoms with Crippen LogP contribution in [-0.2, 0) is 10.2 Å². The van der Waals surface area contributed by atoms with Gasteiger partial charge in [0.05, 0.1) is 5.41 Å². The van der Waals surface area contributed by atoms with Gasteiger partial charge in [0.2, 0.25) is 0 Å². The summed E-state index contributed by atoms with van der Waals surface area (Å²) < 4.78 is 0. The molecule has 2 aliphatic rings. The maximum Gasteiger partial charge on any atom is 0.169 e. The fourth-order valence-electron chi connectivity index (χ4n) is 3.52. The van der Waals surface area contributed by atoms with Crippen LogP contribution in [-0.4, -0.2) is 5.78 Å². The summed E-state index contributed by atoms with van der Waals surface area (Å²) in [5.41, 5.74) is 3.13. The van der Waals surface area contributed by atoms with Crippen LogP contribution in [0.5, 0.6) is 0 Å². The summed E-state index contributed by atoms with van der Waals surface area (Å²) in [7, 11) is 0. The normalized spacial score (nSPS) is 32.4. The number of rotatable bonds is 1. The SMILES string of the molecule is C=C1C(=O)C2(c3ccccc3C)CCC1C2. The highest BCUT2D eigenvalue weighted by atomic mass is 16.1. The van der Waals surface area contributed by atoms with Gasteiger partial charge in [0.1, 0.15) is 0 Å². The summed E-state index contributed by atoms with van der Waals surface area (Å²) >= 11 is 0. The van der Waals surface area contributed by atoms with Crippen molar-refractivity contribution in [1.29, 1.82) is 0 Å². The molecule has 2 unspecified atom stereocenters. The van der Waals surface area contributed by atoms with E-state index >= 15 is 0 Å². The predicted octanol–water partition coefficient (Wildman–Crippen LogP) is 3.17. The van der Waals surface area contributed by atoms with Gasteiger partial charge in [-0.15, -0.1) is 0 Å². The van der Waals surface area contributed by atoms with E-state index in [2.05, 4.69) is 25.6 Å². The average Bonchev–Trinajstić information content (AvgIpc) is 2.81. The van der Waals surface area contributed by atoms with Crippen molar-refractivity contribution in [2.75, 3.05) is 0 Å². The van der Waals surface area contributed by atoms with Crippen LogP contribution in [0.1, 0.15) is 30.4 Å². The Hall–Kier alpha value is -1.37. The second-order valence-corrected chi connectivity index (χ2v) is 5.19. The molecule has 0 aromatic heterocycles. The van der Waals surface area contributed by atoms with Crippen molar-refractivity contribution in [3.63, 3.8) is 0 Å². The van der Waals surface area contributed by atoms with Crippen LogP contribution >= 0.6 is 0 Å². The van der Waals surface area contributed by atoms with Crippen molar-refractivity contribution in [2.24, 2.45) is 5.92 Å². The van der Waals surface area contributed by atoms with Gasteiger partial charge < -0.3 is 0 Å². The predicted molar refractivity (Wildman–Crippen MR) is 64.3 cm³/mol. The number of aryl methyl sites for hydroxylation is 1. The van der Waals surface area contributed by atoms with Gasteiger partial charge in [-0.3, -0.25) is 4.79 Å². The third kappa shape index (κ3) is 1.03. The minimum atomic E-state index is -0.215. The molecule has 0 amide bonds. The molecular formula is C15H16O. The molecule has 3 rings (SSSR count). The quantitative estimate of drug-likeness (QED) is 0.653. The Labute approximate surface area is 96.2 Å². The summed E-state index contributed by atoms with van der Waals surface area (Å²) in [5.74, 6) is 0.755. The van der Waals surface area contributed by atoms with E-state index < -0.39 is 0 Å². The Morgan fingerprint density at radius 1 is 1.38 bits per heavy atom. The van der Waals surface area contributed by atoms with Gasteiger partial charge in [-0.25, -0.2) is 0 Å². The zero-order valence-corrected chi connectivity index (χ0v) is 9.62. The van der Waals surface area contributed by atoms with Crippen LogP contribution in [0.4, 0.5) is 0 Å². The van der Waals surface area contributed by atoms with Gasteiger partial charge in [0.15, 0.2) is 5.78 Å². The number of hydrogen-bond acceptors (Lipinski definition) is 1. The van der Waals surface area contributed by atoms with Crippen molar-refractivity contribution in [3.8, 4) is 0 Å². The highest BCUT2D eigenvalue weighted by Crippen LogP contribution is 2.55. The topological polar surface area (TPSA) is 17.1 Å². The third-order valence-electron chi connectivity index (χ3n) is 4.39. The highest BCUT2D eigenvalue weighted by molar-refractivity contribution is 6.07. The van der Waals surface area contributed by atoms with Crippen LogP contribution in [0.15, 0.2) is 36.4 Å². The second-order valence-electron chi connectivity index (χ2n) is 5.19. The summed E-state index contributed by atoms with van der Waals surface area (Å²) in [6.07, 6.45) is 3.15. The Morgan fingerprint density at radius 3 is 2.75 bits per heavy atom. The van der Waals surface area contributed by atoms with E-state index in [1.54, 1.807) is 0 Å². The molecule has 2 atom stereocenters. The van der Waals surface area contributed by atoms with Crippen molar-refractivity contribution < 1.29 is 4.79 Å². The molecule has 1 aromatic rings. The molecule has 0 saturated heterocycles. The second kappa shape index (κ2) is 3.07. The maximum atomic E-state index is 12.3. The molecule has 0 N–H and O–H groups in total. The van der Waals surface area contributed by atoms with E-state index in [9.17, 15) is 4.79 Å². The smallest absolute Gasteiger partial charge is 0.169 e. The van der Waals surface area contributed by atoms with E-state index in [4.69, 9.17) is 0 Å². The number of fused-ring (bicyclic) bond motifs is 2. The summed E-state index contributed by atoms with van der Waals surface area (Å²) in [6.45, 7) is 6.07. The lowest BCUT2D eigenvalue weighted by Gasteiger charge is -2.27. The molecule has 2 saturated carbocycles. The molecule has 0 radical (unpaired) electrons. The molecule has 16 heavy (non-hydrogen) atoms. The molecular weight excluding hydrogens is 196 g/mol. The molecule has 1 aromatic carbocycles. The van der Waals surface area contributed by atoms with Crippen LogP contribution in [0.2, 0.25) is 0 Å². The molecule has 1 nitrogen and oxygen atoms in total. The number of carbonyl (C=O) groups excluding carboxylic acids is 1. The van der Waals surface area contributed by atoms with E-state index in [1.807, 2.05) is 12.1 Å². The van der Waals surface area contributed by atoms with Gasteiger partial charge in [-0.1, -0.05) is 30.8 Å². The number of carbonyl (C=O) groups is 1. The zero-order chi connectivity index (χ0) is 11.3. The Morgan fingerprint density at radius 2 is 2.12 bits per heavy atom. The molecule has 2 aliphatic carbocycles. The van der Waals surface area contributed by atoms with E-state index in [1.165, 1.54) is 11.1 Å². The third-order valence-corrected chi connectivity index (χ3v) is 4.39. The number of hydrogen-bond donors (Lipinski definition) is 0. The first-order valence-corrected chi connectivity index (χ1v) is 5.95. The van der Waals surface area contributed by atoms with Crippen LogP contribution in [0.25, 0.3) is 0 Å². The van der Waals surface area contributed by atoms with Gasteiger partial charge in [-0.05, 0) is 48.8 Å². The first-order chi connectivity index (χ1) is 7.65. The van der Waals surface area contributed by atoms with Crippen LogP contribution in [0, 0.1) is 12.8 Å². The number of benzene rings is 1. The molecule has 82 valence electrons. The lowest BCUT2D eigenvalue weighted by Crippen LogP contribution is -2.31. The molecule has 0 aliphatic heterocycles. The molecule has 2 bridgehead atoms. The average molecular weight is 212 g/mol. The first kappa shape index (κ1) is 9.83. The monoisotopic (exact) mass is 212 g/mol. The first-order valence-electron chi connectivity index (χ1n) is 5.95. The summed E-state index contributed by atoms with van der Waals surface area (Å²) in [6, 6.07) is 8.30. The van der Waals surface area contributed by atoms with E-state index in [-0.39, 0.29) is 5.41 Å². The fraction of sp³-hybridized carbons (Fsp3) is 0.400. The number of Topliss-reactive ketones (excluding diaryl/α,β-unsaturated/α-hetero) is 1. The zero-order valence-electron chi connectivity index (χ0n) is 9.62. The number of allylic oxidation sites excluding steroid dienone is 1. The minimum absolute atomic E-state index is 0.215. The van der Waals surface area contributed by atoms with Crippen molar-refractivity contribution in [1.82, 2.24) is 0 Å². The summed E-state index contributed by atoms with van der Waals surface area (Å²) in [4.78, 5) is 12.3. The minimum Gasteiger partial charge on any atom is -0.294 e. The highest BCUT2D eigenvalue weighted by Gasteiger charge is 2.55. The molecule has 2 fully saturated rings. The van der Waals surface area contributed by atoms with Crippen LogP contribution < -0.4 is 0 Å². The van der Waals surface area contributed by atoms with Gasteiger partial charge in [0.25, 0.3) is 0 Å². The lowest BCUT2D eigenvalue weighted by molar-refractivity contribution is -0.119. The van der Waals surface area contributed by atoms with Crippen molar-refractivity contribution >= 4 is 5.78 Å².